The third-order valence-corrected chi connectivity index (χ3v) is 5.75. The molecule has 1 N–H and O–H groups in total. The molecular formula is C19H37IN4O2. The fourth-order valence-corrected chi connectivity index (χ4v) is 4.26. The first-order chi connectivity index (χ1) is 12.4. The Morgan fingerprint density at radius 3 is 2.62 bits per heavy atom. The van der Waals surface area contributed by atoms with Gasteiger partial charge in [-0.15, -0.1) is 24.0 Å². The molecule has 2 aliphatic heterocycles. The summed E-state index contributed by atoms with van der Waals surface area (Å²) in [6.45, 7) is 7.89. The first kappa shape index (κ1) is 22.2. The van der Waals surface area contributed by atoms with E-state index in [1.807, 2.05) is 7.05 Å². The molecule has 3 fully saturated rings. The first-order valence-corrected chi connectivity index (χ1v) is 10.3. The van der Waals surface area contributed by atoms with Crippen LogP contribution >= 0.6 is 24.0 Å². The zero-order valence-electron chi connectivity index (χ0n) is 16.3. The number of halogens is 1. The molecule has 0 bridgehead atoms. The van der Waals surface area contributed by atoms with Gasteiger partial charge in [0.05, 0.1) is 19.3 Å². The summed E-state index contributed by atoms with van der Waals surface area (Å²) >= 11 is 0. The Labute approximate surface area is 176 Å². The maximum Gasteiger partial charge on any atom is 0.193 e. The molecule has 3 aliphatic rings. The number of ether oxygens (including phenoxy) is 2. The van der Waals surface area contributed by atoms with Crippen molar-refractivity contribution in [2.45, 2.75) is 57.1 Å². The molecule has 152 valence electrons. The molecule has 2 saturated heterocycles. The number of hydrogen-bond donors (Lipinski definition) is 1. The van der Waals surface area contributed by atoms with E-state index in [0.29, 0.717) is 12.1 Å². The van der Waals surface area contributed by atoms with E-state index in [2.05, 4.69) is 20.1 Å². The van der Waals surface area contributed by atoms with Crippen molar-refractivity contribution in [1.29, 1.82) is 0 Å². The van der Waals surface area contributed by atoms with Crippen LogP contribution in [0.15, 0.2) is 4.99 Å². The van der Waals surface area contributed by atoms with E-state index in [4.69, 9.17) is 9.47 Å². The summed E-state index contributed by atoms with van der Waals surface area (Å²) < 4.78 is 11.5. The lowest BCUT2D eigenvalue weighted by molar-refractivity contribution is 0.0194. The van der Waals surface area contributed by atoms with Crippen LogP contribution < -0.4 is 5.32 Å². The van der Waals surface area contributed by atoms with Crippen LogP contribution in [0.2, 0.25) is 0 Å². The quantitative estimate of drug-likeness (QED) is 0.274. The van der Waals surface area contributed by atoms with Gasteiger partial charge in [0, 0.05) is 52.4 Å². The minimum Gasteiger partial charge on any atom is -0.379 e. The van der Waals surface area contributed by atoms with Gasteiger partial charge in [0.1, 0.15) is 0 Å². The summed E-state index contributed by atoms with van der Waals surface area (Å²) in [6, 6.07) is 0.650. The van der Waals surface area contributed by atoms with Gasteiger partial charge in [-0.2, -0.15) is 0 Å². The highest BCUT2D eigenvalue weighted by Crippen LogP contribution is 2.20. The molecule has 0 spiro atoms. The van der Waals surface area contributed by atoms with E-state index < -0.39 is 0 Å². The zero-order chi connectivity index (χ0) is 17.3. The third kappa shape index (κ3) is 6.80. The molecule has 0 aromatic rings. The van der Waals surface area contributed by atoms with Gasteiger partial charge in [0.15, 0.2) is 5.96 Å². The second-order valence-corrected chi connectivity index (χ2v) is 7.50. The molecule has 0 radical (unpaired) electrons. The van der Waals surface area contributed by atoms with Gasteiger partial charge >= 0.3 is 0 Å². The lowest BCUT2D eigenvalue weighted by Gasteiger charge is -2.32. The van der Waals surface area contributed by atoms with Gasteiger partial charge in [-0.25, -0.2) is 0 Å². The summed E-state index contributed by atoms with van der Waals surface area (Å²) in [5.74, 6) is 1.05. The predicted molar refractivity (Wildman–Crippen MR) is 117 cm³/mol. The standard InChI is InChI=1S/C19H36N4O2.HI/c1-20-19(21-9-5-13-25-18-6-3-2-4-7-18)23-10-8-17(16-23)22-11-14-24-15-12-22;/h17-18H,2-16H2,1H3,(H,20,21);1H. The number of hydrogen-bond acceptors (Lipinski definition) is 4. The lowest BCUT2D eigenvalue weighted by Crippen LogP contribution is -2.46. The molecule has 7 heteroatoms. The third-order valence-electron chi connectivity index (χ3n) is 5.75. The van der Waals surface area contributed by atoms with Crippen molar-refractivity contribution in [3.05, 3.63) is 0 Å². The normalized spacial score (nSPS) is 26.0. The van der Waals surface area contributed by atoms with E-state index in [9.17, 15) is 0 Å². The topological polar surface area (TPSA) is 49.3 Å². The number of guanidine groups is 1. The van der Waals surface area contributed by atoms with Gasteiger partial charge in [-0.1, -0.05) is 19.3 Å². The molecule has 3 rings (SSSR count). The van der Waals surface area contributed by atoms with Crippen molar-refractivity contribution < 1.29 is 9.47 Å². The molecule has 6 nitrogen and oxygen atoms in total. The fourth-order valence-electron chi connectivity index (χ4n) is 4.26. The molecule has 1 atom stereocenters. The highest BCUT2D eigenvalue weighted by molar-refractivity contribution is 14.0. The first-order valence-electron chi connectivity index (χ1n) is 10.3. The maximum absolute atomic E-state index is 6.01. The second-order valence-electron chi connectivity index (χ2n) is 7.50. The van der Waals surface area contributed by atoms with Crippen molar-refractivity contribution in [3.63, 3.8) is 0 Å². The highest BCUT2D eigenvalue weighted by atomic mass is 127. The molecule has 1 unspecified atom stereocenters. The van der Waals surface area contributed by atoms with Gasteiger partial charge in [-0.3, -0.25) is 9.89 Å². The summed E-state index contributed by atoms with van der Waals surface area (Å²) in [4.78, 5) is 9.47. The van der Waals surface area contributed by atoms with Crippen LogP contribution in [0.1, 0.15) is 44.9 Å². The van der Waals surface area contributed by atoms with Gasteiger partial charge in [0.2, 0.25) is 0 Å². The molecule has 1 saturated carbocycles. The number of morpholine rings is 1. The number of nitrogens with zero attached hydrogens (tertiary/aromatic N) is 3. The van der Waals surface area contributed by atoms with Crippen LogP contribution in [0.5, 0.6) is 0 Å². The van der Waals surface area contributed by atoms with Crippen molar-refractivity contribution in [2.75, 3.05) is 59.6 Å². The van der Waals surface area contributed by atoms with E-state index in [0.717, 1.165) is 64.9 Å². The summed E-state index contributed by atoms with van der Waals surface area (Å²) in [5, 5.41) is 3.53. The van der Waals surface area contributed by atoms with Crippen molar-refractivity contribution in [1.82, 2.24) is 15.1 Å². The summed E-state index contributed by atoms with van der Waals surface area (Å²) in [5.41, 5.74) is 0. The zero-order valence-corrected chi connectivity index (χ0v) is 18.7. The van der Waals surface area contributed by atoms with E-state index in [1.165, 1.54) is 38.5 Å². The van der Waals surface area contributed by atoms with Gasteiger partial charge < -0.3 is 19.7 Å². The van der Waals surface area contributed by atoms with E-state index in [1.54, 1.807) is 0 Å². The average Bonchev–Trinajstić information content (AvgIpc) is 3.16. The van der Waals surface area contributed by atoms with Crippen LogP contribution in [-0.4, -0.2) is 87.5 Å². The Balaban J connectivity index is 0.00000243. The van der Waals surface area contributed by atoms with Crippen molar-refractivity contribution in [2.24, 2.45) is 4.99 Å². The van der Waals surface area contributed by atoms with Crippen LogP contribution in [-0.2, 0) is 9.47 Å². The van der Waals surface area contributed by atoms with Crippen molar-refractivity contribution in [3.8, 4) is 0 Å². The molecule has 26 heavy (non-hydrogen) atoms. The van der Waals surface area contributed by atoms with Crippen LogP contribution in [0.4, 0.5) is 0 Å². The Kier molecular flexibility index (Phi) is 10.5. The Morgan fingerprint density at radius 1 is 1.12 bits per heavy atom. The number of likely N-dealkylation sites (tertiary alicyclic amines) is 1. The molecule has 2 heterocycles. The largest absolute Gasteiger partial charge is 0.379 e. The monoisotopic (exact) mass is 480 g/mol. The van der Waals surface area contributed by atoms with E-state index in [-0.39, 0.29) is 24.0 Å². The number of rotatable bonds is 6. The summed E-state index contributed by atoms with van der Waals surface area (Å²) in [7, 11) is 1.89. The van der Waals surface area contributed by atoms with E-state index >= 15 is 0 Å². The highest BCUT2D eigenvalue weighted by Gasteiger charge is 2.30. The fraction of sp³-hybridized carbons (Fsp3) is 0.947. The van der Waals surface area contributed by atoms with Crippen molar-refractivity contribution >= 4 is 29.9 Å². The van der Waals surface area contributed by atoms with Crippen LogP contribution in [0, 0.1) is 0 Å². The Bertz CT molecular complexity index is 412. The van der Waals surface area contributed by atoms with Crippen LogP contribution in [0.3, 0.4) is 0 Å². The predicted octanol–water partition coefficient (Wildman–Crippen LogP) is 2.33. The Hall–Kier alpha value is -0.120. The maximum atomic E-state index is 6.01. The molecule has 0 aromatic carbocycles. The molecular weight excluding hydrogens is 443 g/mol. The SMILES string of the molecule is CN=C(NCCCOC1CCCCC1)N1CCC(N2CCOCC2)C1.I. The second kappa shape index (κ2) is 12.4. The Morgan fingerprint density at radius 2 is 1.88 bits per heavy atom. The van der Waals surface area contributed by atoms with Gasteiger partial charge in [0.25, 0.3) is 0 Å². The minimum atomic E-state index is 0. The molecule has 1 aliphatic carbocycles. The molecule has 0 amide bonds. The lowest BCUT2D eigenvalue weighted by atomic mass is 9.98. The summed E-state index contributed by atoms with van der Waals surface area (Å²) in [6.07, 6.45) is 9.38. The smallest absolute Gasteiger partial charge is 0.193 e. The van der Waals surface area contributed by atoms with Gasteiger partial charge in [-0.05, 0) is 25.7 Å². The molecule has 0 aromatic heterocycles. The minimum absolute atomic E-state index is 0. The average molecular weight is 480 g/mol. The number of nitrogens with one attached hydrogen (secondary N) is 1. The number of aliphatic imine (C=N–C) groups is 1. The van der Waals surface area contributed by atoms with Crippen LogP contribution in [0.25, 0.3) is 0 Å².